The van der Waals surface area contributed by atoms with Gasteiger partial charge in [-0.25, -0.2) is 4.98 Å². The topological polar surface area (TPSA) is 40.7 Å². The second-order valence-electron chi connectivity index (χ2n) is 4.43. The Hall–Kier alpha value is -0.770. The number of hydrogen-bond acceptors (Lipinski definition) is 2. The van der Waals surface area contributed by atoms with E-state index in [1.165, 1.54) is 0 Å². The Morgan fingerprint density at radius 1 is 1.18 bits per heavy atom. The summed E-state index contributed by atoms with van der Waals surface area (Å²) in [6, 6.07) is 3.61. The summed E-state index contributed by atoms with van der Waals surface area (Å²) in [4.78, 5) is 7.94. The van der Waals surface area contributed by atoms with Crippen LogP contribution in [0.4, 0.5) is 0 Å². The lowest BCUT2D eigenvalue weighted by molar-refractivity contribution is 0.448. The van der Waals surface area contributed by atoms with Gasteiger partial charge >= 0.3 is 0 Å². The van der Waals surface area contributed by atoms with E-state index in [4.69, 9.17) is 23.2 Å². The van der Waals surface area contributed by atoms with Crippen LogP contribution in [0, 0.1) is 0 Å². The molecular weight excluding hydrogens is 257 g/mol. The summed E-state index contributed by atoms with van der Waals surface area (Å²) in [6.45, 7) is 2.10. The predicted octanol–water partition coefficient (Wildman–Crippen LogP) is 3.34. The molecule has 0 bridgehead atoms. The zero-order valence-electron chi connectivity index (χ0n) is 9.26. The number of benzene rings is 1. The predicted molar refractivity (Wildman–Crippen MR) is 71.0 cm³/mol. The van der Waals surface area contributed by atoms with Crippen LogP contribution in [0.25, 0.3) is 11.0 Å². The van der Waals surface area contributed by atoms with Gasteiger partial charge in [0, 0.05) is 10.9 Å². The fourth-order valence-corrected chi connectivity index (χ4v) is 2.89. The van der Waals surface area contributed by atoms with Gasteiger partial charge in [0.15, 0.2) is 0 Å². The smallest absolute Gasteiger partial charge is 0.110 e. The van der Waals surface area contributed by atoms with E-state index in [-0.39, 0.29) is 0 Å². The Morgan fingerprint density at radius 3 is 2.71 bits per heavy atom. The summed E-state index contributed by atoms with van der Waals surface area (Å²) in [6.07, 6.45) is 2.23. The molecule has 0 unspecified atom stereocenters. The largest absolute Gasteiger partial charge is 0.342 e. The van der Waals surface area contributed by atoms with Crippen molar-refractivity contribution in [2.24, 2.45) is 0 Å². The van der Waals surface area contributed by atoms with Crippen molar-refractivity contribution in [2.75, 3.05) is 13.1 Å². The van der Waals surface area contributed by atoms with E-state index in [2.05, 4.69) is 15.3 Å². The van der Waals surface area contributed by atoms with Gasteiger partial charge in [-0.1, -0.05) is 23.2 Å². The molecule has 1 aromatic carbocycles. The summed E-state index contributed by atoms with van der Waals surface area (Å²) in [5, 5.41) is 4.61. The highest BCUT2D eigenvalue weighted by Gasteiger charge is 2.19. The maximum atomic E-state index is 6.14. The molecule has 5 heteroatoms. The Balaban J connectivity index is 2.03. The molecule has 2 N–H and O–H groups in total. The van der Waals surface area contributed by atoms with E-state index in [1.54, 1.807) is 6.07 Å². The maximum Gasteiger partial charge on any atom is 0.110 e. The summed E-state index contributed by atoms with van der Waals surface area (Å²) in [7, 11) is 0. The van der Waals surface area contributed by atoms with E-state index in [9.17, 15) is 0 Å². The van der Waals surface area contributed by atoms with E-state index in [1.807, 2.05) is 6.07 Å². The van der Waals surface area contributed by atoms with Gasteiger partial charge < -0.3 is 10.3 Å². The van der Waals surface area contributed by atoms with E-state index in [0.29, 0.717) is 16.0 Å². The third-order valence-electron chi connectivity index (χ3n) is 3.25. The van der Waals surface area contributed by atoms with Gasteiger partial charge in [0.1, 0.15) is 11.3 Å². The first-order valence-electron chi connectivity index (χ1n) is 5.79. The van der Waals surface area contributed by atoms with Gasteiger partial charge in [-0.15, -0.1) is 0 Å². The molecule has 1 aromatic heterocycles. The van der Waals surface area contributed by atoms with Crippen molar-refractivity contribution in [2.45, 2.75) is 18.8 Å². The number of nitrogens with zero attached hydrogens (tertiary/aromatic N) is 1. The lowest BCUT2D eigenvalue weighted by Gasteiger charge is -2.20. The highest BCUT2D eigenvalue weighted by molar-refractivity contribution is 6.38. The quantitative estimate of drug-likeness (QED) is 0.834. The Labute approximate surface area is 110 Å². The van der Waals surface area contributed by atoms with Crippen LogP contribution in [0.3, 0.4) is 0 Å². The number of halogens is 2. The molecule has 0 aliphatic carbocycles. The van der Waals surface area contributed by atoms with Crippen molar-refractivity contribution in [3.63, 3.8) is 0 Å². The van der Waals surface area contributed by atoms with E-state index < -0.39 is 0 Å². The van der Waals surface area contributed by atoms with Crippen LogP contribution >= 0.6 is 23.2 Å². The molecule has 3 rings (SSSR count). The minimum absolute atomic E-state index is 0.499. The summed E-state index contributed by atoms with van der Waals surface area (Å²) < 4.78 is 0. The average molecular weight is 270 g/mol. The highest BCUT2D eigenvalue weighted by Crippen LogP contribution is 2.30. The number of piperidine rings is 1. The van der Waals surface area contributed by atoms with Gasteiger partial charge in [-0.05, 0) is 38.1 Å². The molecule has 0 amide bonds. The Kier molecular flexibility index (Phi) is 2.99. The molecule has 1 aliphatic heterocycles. The zero-order chi connectivity index (χ0) is 11.8. The average Bonchev–Trinajstić information content (AvgIpc) is 2.74. The molecular formula is C12H13Cl2N3. The molecule has 0 spiro atoms. The van der Waals surface area contributed by atoms with E-state index in [0.717, 1.165) is 42.8 Å². The summed E-state index contributed by atoms with van der Waals surface area (Å²) >= 11 is 12.1. The van der Waals surface area contributed by atoms with Crippen molar-refractivity contribution in [1.29, 1.82) is 0 Å². The lowest BCUT2D eigenvalue weighted by atomic mass is 9.98. The molecule has 17 heavy (non-hydrogen) atoms. The van der Waals surface area contributed by atoms with Crippen molar-refractivity contribution >= 4 is 34.2 Å². The molecule has 0 atom stereocenters. The number of hydrogen-bond donors (Lipinski definition) is 2. The second kappa shape index (κ2) is 4.48. The summed E-state index contributed by atoms with van der Waals surface area (Å²) in [5.41, 5.74) is 1.75. The third-order valence-corrected chi connectivity index (χ3v) is 3.76. The fraction of sp³-hybridized carbons (Fsp3) is 0.417. The number of aromatic nitrogens is 2. The maximum absolute atomic E-state index is 6.14. The first-order chi connectivity index (χ1) is 8.24. The van der Waals surface area contributed by atoms with Gasteiger partial charge in [-0.3, -0.25) is 0 Å². The minimum Gasteiger partial charge on any atom is -0.342 e. The Morgan fingerprint density at radius 2 is 1.94 bits per heavy atom. The van der Waals surface area contributed by atoms with Gasteiger partial charge in [0.2, 0.25) is 0 Å². The highest BCUT2D eigenvalue weighted by atomic mass is 35.5. The van der Waals surface area contributed by atoms with Crippen LogP contribution in [0.5, 0.6) is 0 Å². The number of fused-ring (bicyclic) bond motifs is 1. The monoisotopic (exact) mass is 269 g/mol. The number of nitrogens with one attached hydrogen (secondary N) is 2. The van der Waals surface area contributed by atoms with Crippen LogP contribution < -0.4 is 5.32 Å². The number of H-pyrrole nitrogens is 1. The minimum atomic E-state index is 0.499. The van der Waals surface area contributed by atoms with Crippen LogP contribution in [-0.4, -0.2) is 23.1 Å². The van der Waals surface area contributed by atoms with Gasteiger partial charge in [-0.2, -0.15) is 0 Å². The van der Waals surface area contributed by atoms with Crippen LogP contribution in [-0.2, 0) is 0 Å². The first-order valence-corrected chi connectivity index (χ1v) is 6.55. The molecule has 90 valence electrons. The molecule has 2 heterocycles. The number of rotatable bonds is 1. The first kappa shape index (κ1) is 11.3. The van der Waals surface area contributed by atoms with Gasteiger partial charge in [0.05, 0.1) is 10.5 Å². The van der Waals surface area contributed by atoms with Crippen LogP contribution in [0.15, 0.2) is 12.1 Å². The summed E-state index contributed by atoms with van der Waals surface area (Å²) in [5.74, 6) is 1.53. The van der Waals surface area contributed by atoms with Crippen molar-refractivity contribution in [3.05, 3.63) is 28.0 Å². The zero-order valence-corrected chi connectivity index (χ0v) is 10.8. The van der Waals surface area contributed by atoms with Gasteiger partial charge in [0.25, 0.3) is 0 Å². The fourth-order valence-electron chi connectivity index (χ4n) is 2.35. The van der Waals surface area contributed by atoms with Crippen molar-refractivity contribution < 1.29 is 0 Å². The molecule has 1 saturated heterocycles. The number of imidazole rings is 1. The normalized spacial score (nSPS) is 17.8. The molecule has 3 nitrogen and oxygen atoms in total. The van der Waals surface area contributed by atoms with Crippen LogP contribution in [0.2, 0.25) is 10.0 Å². The van der Waals surface area contributed by atoms with Crippen LogP contribution in [0.1, 0.15) is 24.6 Å². The standard InChI is InChI=1S/C12H13Cl2N3/c13-8-5-9(14)11-10(6-8)16-12(17-11)7-1-3-15-4-2-7/h5-7,15H,1-4H2,(H,16,17). The number of aromatic amines is 1. The van der Waals surface area contributed by atoms with E-state index >= 15 is 0 Å². The lowest BCUT2D eigenvalue weighted by Crippen LogP contribution is -2.27. The molecule has 1 aliphatic rings. The molecule has 0 radical (unpaired) electrons. The SMILES string of the molecule is Clc1cc(Cl)c2nc(C3CCNCC3)[nH]c2c1. The molecule has 2 aromatic rings. The molecule has 0 saturated carbocycles. The van der Waals surface area contributed by atoms with Crippen molar-refractivity contribution in [3.8, 4) is 0 Å². The second-order valence-corrected chi connectivity index (χ2v) is 5.27. The Bertz CT molecular complexity index is 544. The molecule has 1 fully saturated rings. The van der Waals surface area contributed by atoms with Crippen molar-refractivity contribution in [1.82, 2.24) is 15.3 Å². The third kappa shape index (κ3) is 2.15.